The van der Waals surface area contributed by atoms with Crippen LogP contribution in [0.25, 0.3) is 33.0 Å². The SMILES string of the molecule is CCCC1c2ccccc2-c2c(-c3ccccc3)c(C)c3ccccc3c21. The minimum atomic E-state index is 0.495. The highest BCUT2D eigenvalue weighted by Gasteiger charge is 2.33. The van der Waals surface area contributed by atoms with Crippen molar-refractivity contribution in [1.29, 1.82) is 0 Å². The molecular formula is C27H24. The molecule has 0 heterocycles. The molecule has 0 spiro atoms. The lowest BCUT2D eigenvalue weighted by atomic mass is 9.83. The number of hydrogen-bond acceptors (Lipinski definition) is 0. The van der Waals surface area contributed by atoms with Crippen LogP contribution in [0.4, 0.5) is 0 Å². The Balaban J connectivity index is 1.98. The normalized spacial score (nSPS) is 15.0. The van der Waals surface area contributed by atoms with Crippen LogP contribution in [0.15, 0.2) is 78.9 Å². The first kappa shape index (κ1) is 16.3. The summed E-state index contributed by atoms with van der Waals surface area (Å²) in [6.45, 7) is 4.59. The molecule has 0 saturated heterocycles. The Labute approximate surface area is 161 Å². The van der Waals surface area contributed by atoms with E-state index in [1.54, 1.807) is 0 Å². The highest BCUT2D eigenvalue weighted by molar-refractivity contribution is 6.06. The van der Waals surface area contributed by atoms with E-state index in [1.165, 1.54) is 62.6 Å². The topological polar surface area (TPSA) is 0 Å². The molecule has 1 aliphatic carbocycles. The minimum Gasteiger partial charge on any atom is -0.0653 e. The van der Waals surface area contributed by atoms with E-state index < -0.39 is 0 Å². The maximum absolute atomic E-state index is 2.34. The molecule has 0 N–H and O–H groups in total. The standard InChI is InChI=1S/C27H24/c1-3-11-22-21-15-8-10-17-24(21)27-25(19-12-5-4-6-13-19)18(2)20-14-7-9-16-23(20)26(22)27/h4-10,12-17,22H,3,11H2,1-2H3. The van der Waals surface area contributed by atoms with Gasteiger partial charge in [-0.2, -0.15) is 0 Å². The summed E-state index contributed by atoms with van der Waals surface area (Å²) >= 11 is 0. The molecule has 0 radical (unpaired) electrons. The van der Waals surface area contributed by atoms with Crippen LogP contribution in [0, 0.1) is 6.92 Å². The van der Waals surface area contributed by atoms with Crippen molar-refractivity contribution >= 4 is 10.8 Å². The van der Waals surface area contributed by atoms with Crippen molar-refractivity contribution in [3.8, 4) is 22.3 Å². The molecule has 0 aliphatic heterocycles. The van der Waals surface area contributed by atoms with E-state index >= 15 is 0 Å². The zero-order valence-corrected chi connectivity index (χ0v) is 16.0. The summed E-state index contributed by atoms with van der Waals surface area (Å²) in [5.74, 6) is 0.495. The molecule has 1 atom stereocenters. The van der Waals surface area contributed by atoms with Gasteiger partial charge in [-0.1, -0.05) is 92.2 Å². The molecule has 4 aromatic carbocycles. The molecule has 4 aromatic rings. The molecule has 0 amide bonds. The molecule has 0 fully saturated rings. The first-order valence-corrected chi connectivity index (χ1v) is 10.0. The summed E-state index contributed by atoms with van der Waals surface area (Å²) in [5, 5.41) is 2.82. The smallest absolute Gasteiger partial charge is 0.0108 e. The number of aryl methyl sites for hydroxylation is 1. The van der Waals surface area contributed by atoms with Gasteiger partial charge in [-0.3, -0.25) is 0 Å². The average Bonchev–Trinajstić information content (AvgIpc) is 3.04. The van der Waals surface area contributed by atoms with Gasteiger partial charge < -0.3 is 0 Å². The number of benzene rings is 4. The molecule has 0 aromatic heterocycles. The van der Waals surface area contributed by atoms with Crippen molar-refractivity contribution in [2.24, 2.45) is 0 Å². The van der Waals surface area contributed by atoms with Crippen molar-refractivity contribution in [2.75, 3.05) is 0 Å². The second-order valence-electron chi connectivity index (χ2n) is 7.63. The fourth-order valence-electron chi connectivity index (χ4n) is 5.02. The van der Waals surface area contributed by atoms with Gasteiger partial charge in [0.15, 0.2) is 0 Å². The van der Waals surface area contributed by atoms with Gasteiger partial charge in [-0.05, 0) is 63.1 Å². The van der Waals surface area contributed by atoms with Gasteiger partial charge >= 0.3 is 0 Å². The number of rotatable bonds is 3. The molecule has 1 aliphatic rings. The van der Waals surface area contributed by atoms with Crippen molar-refractivity contribution < 1.29 is 0 Å². The Morgan fingerprint density at radius 3 is 2.15 bits per heavy atom. The molecule has 132 valence electrons. The molecule has 0 bridgehead atoms. The van der Waals surface area contributed by atoms with Crippen LogP contribution in [-0.4, -0.2) is 0 Å². The monoisotopic (exact) mass is 348 g/mol. The van der Waals surface area contributed by atoms with E-state index in [0.29, 0.717) is 5.92 Å². The predicted molar refractivity (Wildman–Crippen MR) is 116 cm³/mol. The van der Waals surface area contributed by atoms with Gasteiger partial charge in [0.05, 0.1) is 0 Å². The molecular weight excluding hydrogens is 324 g/mol. The lowest BCUT2D eigenvalue weighted by Crippen LogP contribution is -1.99. The number of hydrogen-bond donors (Lipinski definition) is 0. The molecule has 0 nitrogen and oxygen atoms in total. The van der Waals surface area contributed by atoms with E-state index in [0.717, 1.165) is 0 Å². The third-order valence-electron chi connectivity index (χ3n) is 6.11. The lowest BCUT2D eigenvalue weighted by Gasteiger charge is -2.20. The summed E-state index contributed by atoms with van der Waals surface area (Å²) in [6, 6.07) is 29.0. The lowest BCUT2D eigenvalue weighted by molar-refractivity contribution is 0.715. The quantitative estimate of drug-likeness (QED) is 0.355. The zero-order chi connectivity index (χ0) is 18.4. The summed E-state index contributed by atoms with van der Waals surface area (Å²) in [5.41, 5.74) is 10.1. The van der Waals surface area contributed by atoms with Crippen LogP contribution in [-0.2, 0) is 0 Å². The first-order valence-electron chi connectivity index (χ1n) is 10.0. The van der Waals surface area contributed by atoms with Crippen LogP contribution in [0.5, 0.6) is 0 Å². The van der Waals surface area contributed by atoms with Crippen LogP contribution in [0.2, 0.25) is 0 Å². The Morgan fingerprint density at radius 2 is 1.37 bits per heavy atom. The van der Waals surface area contributed by atoms with Gasteiger partial charge in [0, 0.05) is 5.92 Å². The third kappa shape index (κ3) is 2.36. The highest BCUT2D eigenvalue weighted by Crippen LogP contribution is 2.54. The van der Waals surface area contributed by atoms with Gasteiger partial charge in [0.25, 0.3) is 0 Å². The average molecular weight is 348 g/mol. The van der Waals surface area contributed by atoms with Crippen LogP contribution in [0.1, 0.15) is 42.4 Å². The molecule has 1 unspecified atom stereocenters. The molecule has 0 saturated carbocycles. The zero-order valence-electron chi connectivity index (χ0n) is 16.0. The van der Waals surface area contributed by atoms with Gasteiger partial charge in [-0.15, -0.1) is 0 Å². The maximum atomic E-state index is 2.34. The van der Waals surface area contributed by atoms with Crippen LogP contribution >= 0.6 is 0 Å². The van der Waals surface area contributed by atoms with Crippen LogP contribution < -0.4 is 0 Å². The predicted octanol–water partition coefficient (Wildman–Crippen LogP) is 7.73. The summed E-state index contributed by atoms with van der Waals surface area (Å²) < 4.78 is 0. The molecule has 27 heavy (non-hydrogen) atoms. The Hall–Kier alpha value is -2.86. The van der Waals surface area contributed by atoms with Crippen molar-refractivity contribution in [2.45, 2.75) is 32.6 Å². The van der Waals surface area contributed by atoms with E-state index in [9.17, 15) is 0 Å². The summed E-state index contributed by atoms with van der Waals surface area (Å²) in [6.07, 6.45) is 2.40. The second-order valence-corrected chi connectivity index (χ2v) is 7.63. The number of fused-ring (bicyclic) bond motifs is 5. The largest absolute Gasteiger partial charge is 0.0653 e. The van der Waals surface area contributed by atoms with E-state index in [2.05, 4.69) is 92.7 Å². The van der Waals surface area contributed by atoms with Gasteiger partial charge in [-0.25, -0.2) is 0 Å². The fourth-order valence-corrected chi connectivity index (χ4v) is 5.02. The minimum absolute atomic E-state index is 0.495. The molecule has 0 heteroatoms. The van der Waals surface area contributed by atoms with Crippen molar-refractivity contribution in [1.82, 2.24) is 0 Å². The Morgan fingerprint density at radius 1 is 0.704 bits per heavy atom. The fraction of sp³-hybridized carbons (Fsp3) is 0.185. The summed E-state index contributed by atoms with van der Waals surface area (Å²) in [7, 11) is 0. The maximum Gasteiger partial charge on any atom is 0.0108 e. The van der Waals surface area contributed by atoms with E-state index in [-0.39, 0.29) is 0 Å². The van der Waals surface area contributed by atoms with Crippen molar-refractivity contribution in [3.63, 3.8) is 0 Å². The highest BCUT2D eigenvalue weighted by atomic mass is 14.4. The second kappa shape index (κ2) is 6.39. The Bertz CT molecular complexity index is 1140. The van der Waals surface area contributed by atoms with Gasteiger partial charge in [0.2, 0.25) is 0 Å². The van der Waals surface area contributed by atoms with E-state index in [1.807, 2.05) is 0 Å². The molecule has 5 rings (SSSR count). The van der Waals surface area contributed by atoms with Crippen LogP contribution in [0.3, 0.4) is 0 Å². The summed E-state index contributed by atoms with van der Waals surface area (Å²) in [4.78, 5) is 0. The van der Waals surface area contributed by atoms with Crippen molar-refractivity contribution in [3.05, 3.63) is 95.6 Å². The van der Waals surface area contributed by atoms with Gasteiger partial charge in [0.1, 0.15) is 0 Å². The third-order valence-corrected chi connectivity index (χ3v) is 6.11. The first-order chi connectivity index (χ1) is 13.3. The Kier molecular flexibility index (Phi) is 3.86. The van der Waals surface area contributed by atoms with E-state index in [4.69, 9.17) is 0 Å².